The molecule has 3 amide bonds. The summed E-state index contributed by atoms with van der Waals surface area (Å²) in [6.45, 7) is 5.85. The van der Waals surface area contributed by atoms with Gasteiger partial charge in [0.25, 0.3) is 5.91 Å². The molecule has 0 bridgehead atoms. The molecule has 5 nitrogen and oxygen atoms in total. The maximum atomic E-state index is 13.1. The standard InChI is InChI=1S/C24H24N2O3/c1-14-11-12-17-19(13-14)24(29)26(23(17)28)20-10-5-4-9-18(20)22(27)25-21-15(2)7-6-8-16(21)3/h4-11,17,19H,12-13H2,1-3H3,(H,25,27)/t17-,19-/m1/s1. The van der Waals surface area contributed by atoms with E-state index in [0.717, 1.165) is 22.4 Å². The number of benzene rings is 2. The number of aryl methyl sites for hydroxylation is 2. The molecule has 0 radical (unpaired) electrons. The van der Waals surface area contributed by atoms with Crippen LogP contribution in [0.15, 0.2) is 54.1 Å². The Bertz CT molecular complexity index is 1030. The Morgan fingerprint density at radius 1 is 0.931 bits per heavy atom. The number of hydrogen-bond acceptors (Lipinski definition) is 3. The maximum absolute atomic E-state index is 13.1. The van der Waals surface area contributed by atoms with E-state index in [4.69, 9.17) is 0 Å². The van der Waals surface area contributed by atoms with Gasteiger partial charge in [0.15, 0.2) is 0 Å². The minimum atomic E-state index is -0.332. The molecule has 5 heteroatoms. The molecule has 1 saturated heterocycles. The molecule has 0 unspecified atom stereocenters. The molecule has 29 heavy (non-hydrogen) atoms. The van der Waals surface area contributed by atoms with Crippen LogP contribution in [0.1, 0.15) is 41.3 Å². The average Bonchev–Trinajstić information content (AvgIpc) is 2.94. The van der Waals surface area contributed by atoms with Gasteiger partial charge in [0.05, 0.1) is 23.1 Å². The minimum Gasteiger partial charge on any atom is -0.321 e. The number of para-hydroxylation sites is 2. The van der Waals surface area contributed by atoms with E-state index in [2.05, 4.69) is 5.32 Å². The number of fused-ring (bicyclic) bond motifs is 1. The zero-order valence-corrected chi connectivity index (χ0v) is 16.9. The first-order chi connectivity index (χ1) is 13.9. The van der Waals surface area contributed by atoms with Crippen LogP contribution in [-0.4, -0.2) is 17.7 Å². The number of allylic oxidation sites excluding steroid dienone is 2. The van der Waals surface area contributed by atoms with Gasteiger partial charge in [0, 0.05) is 5.69 Å². The monoisotopic (exact) mass is 388 g/mol. The van der Waals surface area contributed by atoms with Crippen LogP contribution in [0.25, 0.3) is 0 Å². The number of anilines is 2. The largest absolute Gasteiger partial charge is 0.321 e. The number of hydrogen-bond donors (Lipinski definition) is 1. The van der Waals surface area contributed by atoms with E-state index in [0.29, 0.717) is 24.1 Å². The quantitative estimate of drug-likeness (QED) is 0.626. The van der Waals surface area contributed by atoms with Gasteiger partial charge in [-0.15, -0.1) is 0 Å². The summed E-state index contributed by atoms with van der Waals surface area (Å²) in [7, 11) is 0. The van der Waals surface area contributed by atoms with E-state index < -0.39 is 0 Å². The lowest BCUT2D eigenvalue weighted by molar-refractivity contribution is -0.122. The predicted molar refractivity (Wildman–Crippen MR) is 113 cm³/mol. The van der Waals surface area contributed by atoms with Crippen LogP contribution >= 0.6 is 0 Å². The molecule has 2 atom stereocenters. The molecule has 1 aliphatic heterocycles. The number of carbonyl (C=O) groups excluding carboxylic acids is 3. The highest BCUT2D eigenvalue weighted by molar-refractivity contribution is 6.25. The number of amides is 3. The van der Waals surface area contributed by atoms with Gasteiger partial charge in [-0.1, -0.05) is 42.0 Å². The highest BCUT2D eigenvalue weighted by Crippen LogP contribution is 2.40. The number of nitrogens with zero attached hydrogens (tertiary/aromatic N) is 1. The summed E-state index contributed by atoms with van der Waals surface area (Å²) < 4.78 is 0. The first kappa shape index (κ1) is 19.1. The summed E-state index contributed by atoms with van der Waals surface area (Å²) in [4.78, 5) is 40.5. The molecule has 148 valence electrons. The molecule has 0 aromatic heterocycles. The second-order valence-corrected chi connectivity index (χ2v) is 7.95. The fraction of sp³-hybridized carbons (Fsp3) is 0.292. The first-order valence-corrected chi connectivity index (χ1v) is 9.88. The number of carbonyl (C=O) groups is 3. The van der Waals surface area contributed by atoms with Gasteiger partial charge in [0.2, 0.25) is 11.8 Å². The normalized spacial score (nSPS) is 21.1. The predicted octanol–water partition coefficient (Wildman–Crippen LogP) is 4.40. The van der Waals surface area contributed by atoms with Crippen molar-refractivity contribution < 1.29 is 14.4 Å². The van der Waals surface area contributed by atoms with Crippen LogP contribution < -0.4 is 10.2 Å². The van der Waals surface area contributed by atoms with Gasteiger partial charge in [0.1, 0.15) is 0 Å². The molecule has 1 N–H and O–H groups in total. The Hall–Kier alpha value is -3.21. The van der Waals surface area contributed by atoms with Crippen molar-refractivity contribution in [3.8, 4) is 0 Å². The second kappa shape index (κ2) is 7.32. The van der Waals surface area contributed by atoms with Crippen LogP contribution in [0.3, 0.4) is 0 Å². The smallest absolute Gasteiger partial charge is 0.257 e. The van der Waals surface area contributed by atoms with Crippen molar-refractivity contribution in [1.82, 2.24) is 0 Å². The van der Waals surface area contributed by atoms with Crippen LogP contribution in [0.2, 0.25) is 0 Å². The van der Waals surface area contributed by atoms with E-state index in [1.54, 1.807) is 24.3 Å². The zero-order chi connectivity index (χ0) is 20.7. The van der Waals surface area contributed by atoms with Crippen molar-refractivity contribution in [2.24, 2.45) is 11.8 Å². The maximum Gasteiger partial charge on any atom is 0.257 e. The van der Waals surface area contributed by atoms with Crippen molar-refractivity contribution in [2.45, 2.75) is 33.6 Å². The molecule has 1 fully saturated rings. The van der Waals surface area contributed by atoms with Crippen molar-refractivity contribution in [3.05, 3.63) is 70.8 Å². The molecule has 2 aromatic rings. The summed E-state index contributed by atoms with van der Waals surface area (Å²) in [6, 6.07) is 12.6. The highest BCUT2D eigenvalue weighted by Gasteiger charge is 2.49. The SMILES string of the molecule is CC1=CC[C@H]2C(=O)N(c3ccccc3C(=O)Nc3c(C)cccc3C)C(=O)[C@@H]2C1. The van der Waals surface area contributed by atoms with Gasteiger partial charge in [-0.3, -0.25) is 14.4 Å². The Balaban J connectivity index is 1.68. The molecular formula is C24H24N2O3. The molecule has 1 aliphatic carbocycles. The Labute approximate surface area is 170 Å². The number of rotatable bonds is 3. The number of nitrogens with one attached hydrogen (secondary N) is 1. The topological polar surface area (TPSA) is 66.5 Å². The second-order valence-electron chi connectivity index (χ2n) is 7.95. The highest BCUT2D eigenvalue weighted by atomic mass is 16.2. The van der Waals surface area contributed by atoms with Gasteiger partial charge in [-0.05, 0) is 56.9 Å². The Morgan fingerprint density at radius 2 is 1.59 bits per heavy atom. The lowest BCUT2D eigenvalue weighted by atomic mass is 9.82. The van der Waals surface area contributed by atoms with E-state index in [-0.39, 0.29) is 29.6 Å². The van der Waals surface area contributed by atoms with Gasteiger partial charge >= 0.3 is 0 Å². The van der Waals surface area contributed by atoms with Crippen molar-refractivity contribution in [2.75, 3.05) is 10.2 Å². The van der Waals surface area contributed by atoms with E-state index in [1.165, 1.54) is 4.90 Å². The van der Waals surface area contributed by atoms with Crippen LogP contribution in [-0.2, 0) is 9.59 Å². The lowest BCUT2D eigenvalue weighted by Gasteiger charge is -2.19. The molecule has 1 heterocycles. The Kier molecular flexibility index (Phi) is 4.82. The zero-order valence-electron chi connectivity index (χ0n) is 16.9. The summed E-state index contributed by atoms with van der Waals surface area (Å²) in [5.41, 5.74) is 4.47. The van der Waals surface area contributed by atoms with Crippen LogP contribution in [0.5, 0.6) is 0 Å². The molecular weight excluding hydrogens is 364 g/mol. The minimum absolute atomic E-state index is 0.209. The van der Waals surface area contributed by atoms with E-state index in [1.807, 2.05) is 45.0 Å². The molecule has 2 aromatic carbocycles. The summed E-state index contributed by atoms with van der Waals surface area (Å²) in [5.74, 6) is -1.42. The van der Waals surface area contributed by atoms with Crippen molar-refractivity contribution >= 4 is 29.1 Å². The molecule has 0 saturated carbocycles. The average molecular weight is 388 g/mol. The fourth-order valence-corrected chi connectivity index (χ4v) is 4.33. The van der Waals surface area contributed by atoms with Gasteiger partial charge < -0.3 is 5.32 Å². The third-order valence-corrected chi connectivity index (χ3v) is 5.93. The van der Waals surface area contributed by atoms with Gasteiger partial charge in [-0.2, -0.15) is 0 Å². The molecule has 2 aliphatic rings. The molecule has 4 rings (SSSR count). The summed E-state index contributed by atoms with van der Waals surface area (Å²) in [6.07, 6.45) is 3.21. The first-order valence-electron chi connectivity index (χ1n) is 9.88. The van der Waals surface area contributed by atoms with E-state index in [9.17, 15) is 14.4 Å². The van der Waals surface area contributed by atoms with Crippen LogP contribution in [0.4, 0.5) is 11.4 Å². The summed E-state index contributed by atoms with van der Waals surface area (Å²) >= 11 is 0. The Morgan fingerprint density at radius 3 is 2.31 bits per heavy atom. The van der Waals surface area contributed by atoms with E-state index >= 15 is 0 Å². The number of imide groups is 1. The fourth-order valence-electron chi connectivity index (χ4n) is 4.33. The van der Waals surface area contributed by atoms with Gasteiger partial charge in [-0.25, -0.2) is 4.90 Å². The molecule has 0 spiro atoms. The third-order valence-electron chi connectivity index (χ3n) is 5.93. The lowest BCUT2D eigenvalue weighted by Crippen LogP contribution is -2.33. The van der Waals surface area contributed by atoms with Crippen molar-refractivity contribution in [1.29, 1.82) is 0 Å². The third kappa shape index (κ3) is 3.27. The van der Waals surface area contributed by atoms with Crippen LogP contribution in [0, 0.1) is 25.7 Å². The van der Waals surface area contributed by atoms with Crippen molar-refractivity contribution in [3.63, 3.8) is 0 Å². The summed E-state index contributed by atoms with van der Waals surface area (Å²) in [5, 5.41) is 2.96.